The molecule has 0 aliphatic carbocycles. The molecule has 1 aromatic heterocycles. The molecule has 0 bridgehead atoms. The maximum Gasteiger partial charge on any atom is 0.346 e. The fourth-order valence-electron chi connectivity index (χ4n) is 1.79. The third kappa shape index (κ3) is 4.15. The summed E-state index contributed by atoms with van der Waals surface area (Å²) < 4.78 is 10.5. The van der Waals surface area contributed by atoms with Crippen molar-refractivity contribution < 1.29 is 9.15 Å². The average molecular weight is 327 g/mol. The normalized spacial score (nSPS) is 10.7. The number of nitrogens with one attached hydrogen (secondary N) is 1. The van der Waals surface area contributed by atoms with Gasteiger partial charge in [0.05, 0.1) is 12.0 Å². The van der Waals surface area contributed by atoms with E-state index in [2.05, 4.69) is 0 Å². The van der Waals surface area contributed by atoms with Crippen molar-refractivity contribution in [3.8, 4) is 5.95 Å². The van der Waals surface area contributed by atoms with Crippen molar-refractivity contribution in [3.63, 3.8) is 0 Å². The van der Waals surface area contributed by atoms with Gasteiger partial charge in [0, 0.05) is 11.1 Å². The highest BCUT2D eigenvalue weighted by Crippen LogP contribution is 2.30. The second kappa shape index (κ2) is 7.38. The van der Waals surface area contributed by atoms with Crippen molar-refractivity contribution in [3.05, 3.63) is 39.7 Å². The molecule has 0 saturated carbocycles. The fraction of sp³-hybridized carbons (Fsp3) is 0.286. The van der Waals surface area contributed by atoms with Gasteiger partial charge >= 0.3 is 11.6 Å². The van der Waals surface area contributed by atoms with E-state index in [0.717, 1.165) is 18.6 Å². The predicted molar refractivity (Wildman–Crippen MR) is 86.6 cm³/mol. The maximum absolute atomic E-state index is 11.8. The summed E-state index contributed by atoms with van der Waals surface area (Å²) in [6.45, 7) is 0.388. The van der Waals surface area contributed by atoms with Crippen LogP contribution < -0.4 is 16.1 Å². The number of hydrogen-bond donors (Lipinski definition) is 2. The molecule has 112 valence electrons. The largest absolute Gasteiger partial charge is 0.464 e. The van der Waals surface area contributed by atoms with Crippen LogP contribution in [0.3, 0.4) is 0 Å². The van der Waals surface area contributed by atoms with Gasteiger partial charge in [-0.25, -0.2) is 4.79 Å². The number of ether oxygens (including phenoxy) is 1. The number of hydrogen-bond acceptors (Lipinski definition) is 5. The van der Waals surface area contributed by atoms with Gasteiger partial charge in [0.2, 0.25) is 0 Å². The van der Waals surface area contributed by atoms with Crippen molar-refractivity contribution in [1.29, 1.82) is 5.41 Å². The Morgan fingerprint density at radius 2 is 2.05 bits per heavy atom. The first-order valence-corrected chi connectivity index (χ1v) is 7.77. The van der Waals surface area contributed by atoms with Gasteiger partial charge in [-0.2, -0.15) is 0 Å². The summed E-state index contributed by atoms with van der Waals surface area (Å²) in [5.41, 5.74) is 4.77. The summed E-state index contributed by atoms with van der Waals surface area (Å²) in [4.78, 5) is 11.8. The molecule has 0 aliphatic heterocycles. The van der Waals surface area contributed by atoms with Crippen molar-refractivity contribution in [2.45, 2.75) is 12.8 Å². The molecule has 0 spiro atoms. The van der Waals surface area contributed by atoms with Gasteiger partial charge in [0.25, 0.3) is 0 Å². The van der Waals surface area contributed by atoms with E-state index in [4.69, 9.17) is 31.9 Å². The van der Waals surface area contributed by atoms with Crippen molar-refractivity contribution in [2.24, 2.45) is 5.73 Å². The zero-order chi connectivity index (χ0) is 15.2. The van der Waals surface area contributed by atoms with E-state index in [0.29, 0.717) is 22.4 Å². The van der Waals surface area contributed by atoms with Crippen molar-refractivity contribution in [1.82, 2.24) is 0 Å². The van der Waals surface area contributed by atoms with Gasteiger partial charge in [0.15, 0.2) is 5.17 Å². The lowest BCUT2D eigenvalue weighted by molar-refractivity contribution is 0.229. The lowest BCUT2D eigenvalue weighted by atomic mass is 10.2. The minimum atomic E-state index is -0.461. The molecule has 0 amide bonds. The first-order valence-electron chi connectivity index (χ1n) is 6.40. The molecular weight excluding hydrogens is 312 g/mol. The highest BCUT2D eigenvalue weighted by atomic mass is 35.5. The Balaban J connectivity index is 1.98. The monoisotopic (exact) mass is 326 g/mol. The molecule has 7 heteroatoms. The van der Waals surface area contributed by atoms with Crippen molar-refractivity contribution >= 4 is 39.3 Å². The molecule has 5 nitrogen and oxygen atoms in total. The molecule has 3 N–H and O–H groups in total. The van der Waals surface area contributed by atoms with Crippen LogP contribution in [0.5, 0.6) is 5.95 Å². The number of amidine groups is 1. The molecule has 0 aliphatic rings. The van der Waals surface area contributed by atoms with E-state index in [1.54, 1.807) is 24.3 Å². The summed E-state index contributed by atoms with van der Waals surface area (Å²) in [7, 11) is 0. The molecular formula is C14H15ClN2O3S. The molecule has 0 saturated heterocycles. The fourth-order valence-corrected chi connectivity index (χ4v) is 2.62. The first-order chi connectivity index (χ1) is 10.1. The Kier molecular flexibility index (Phi) is 5.52. The molecule has 1 aromatic carbocycles. The van der Waals surface area contributed by atoms with Crippen LogP contribution in [0.25, 0.3) is 10.8 Å². The average Bonchev–Trinajstić information content (AvgIpc) is 2.47. The molecule has 0 radical (unpaired) electrons. The van der Waals surface area contributed by atoms with Gasteiger partial charge in [-0.1, -0.05) is 41.6 Å². The lowest BCUT2D eigenvalue weighted by Crippen LogP contribution is -2.06. The number of nitrogens with two attached hydrogens (primary N) is 1. The van der Waals surface area contributed by atoms with Gasteiger partial charge in [0.1, 0.15) is 5.02 Å². The van der Waals surface area contributed by atoms with E-state index in [-0.39, 0.29) is 11.1 Å². The Labute approximate surface area is 130 Å². The summed E-state index contributed by atoms with van der Waals surface area (Å²) in [5.74, 6) is 0.813. The highest BCUT2D eigenvalue weighted by molar-refractivity contribution is 8.13. The smallest absolute Gasteiger partial charge is 0.346 e. The number of rotatable bonds is 6. The first kappa shape index (κ1) is 15.7. The van der Waals surface area contributed by atoms with Gasteiger partial charge in [-0.05, 0) is 18.9 Å². The standard InChI is InChI=1S/C14H15ClN2O3S/c15-11-9-5-1-2-6-10(9)12(18)20-13(11)19-7-3-4-8-21-14(16)17/h1-2,5-6H,3-4,7-8H2,(H3,16,17). The van der Waals surface area contributed by atoms with E-state index in [1.165, 1.54) is 11.8 Å². The number of unbranched alkanes of at least 4 members (excludes halogenated alkanes) is 1. The number of thioether (sulfide) groups is 1. The third-order valence-electron chi connectivity index (χ3n) is 2.78. The van der Waals surface area contributed by atoms with Crippen LogP contribution in [0.4, 0.5) is 0 Å². The highest BCUT2D eigenvalue weighted by Gasteiger charge is 2.12. The Morgan fingerprint density at radius 3 is 2.76 bits per heavy atom. The molecule has 0 fully saturated rings. The molecule has 2 aromatic rings. The van der Waals surface area contributed by atoms with Crippen LogP contribution in [0, 0.1) is 5.41 Å². The van der Waals surface area contributed by atoms with E-state index < -0.39 is 5.63 Å². The quantitative estimate of drug-likeness (QED) is 0.483. The zero-order valence-corrected chi connectivity index (χ0v) is 12.8. The Bertz CT molecular complexity index is 702. The van der Waals surface area contributed by atoms with Crippen LogP contribution in [0.15, 0.2) is 33.5 Å². The summed E-state index contributed by atoms with van der Waals surface area (Å²) in [5, 5.41) is 8.56. The van der Waals surface area contributed by atoms with Crippen LogP contribution >= 0.6 is 23.4 Å². The summed E-state index contributed by atoms with van der Waals surface area (Å²) >= 11 is 7.48. The van der Waals surface area contributed by atoms with E-state index in [1.807, 2.05) is 0 Å². The summed E-state index contributed by atoms with van der Waals surface area (Å²) in [6, 6.07) is 6.97. The predicted octanol–water partition coefficient (Wildman–Crippen LogP) is 3.23. The number of fused-ring (bicyclic) bond motifs is 1. The van der Waals surface area contributed by atoms with Gasteiger partial charge < -0.3 is 14.9 Å². The maximum atomic E-state index is 11.8. The van der Waals surface area contributed by atoms with E-state index in [9.17, 15) is 4.79 Å². The van der Waals surface area contributed by atoms with Crippen LogP contribution in [-0.2, 0) is 0 Å². The van der Waals surface area contributed by atoms with Gasteiger partial charge in [-0.15, -0.1) is 0 Å². The summed E-state index contributed by atoms with van der Waals surface area (Å²) in [6.07, 6.45) is 1.60. The third-order valence-corrected chi connectivity index (χ3v) is 3.94. The molecule has 2 rings (SSSR count). The van der Waals surface area contributed by atoms with Crippen LogP contribution in [0.2, 0.25) is 5.02 Å². The molecule has 21 heavy (non-hydrogen) atoms. The molecule has 0 unspecified atom stereocenters. The van der Waals surface area contributed by atoms with Crippen molar-refractivity contribution in [2.75, 3.05) is 12.4 Å². The van der Waals surface area contributed by atoms with Gasteiger partial charge in [-0.3, -0.25) is 5.41 Å². The number of benzene rings is 1. The second-order valence-electron chi connectivity index (χ2n) is 4.30. The number of halogens is 1. The topological polar surface area (TPSA) is 89.3 Å². The van der Waals surface area contributed by atoms with E-state index >= 15 is 0 Å². The lowest BCUT2D eigenvalue weighted by Gasteiger charge is -2.07. The Hall–Kier alpha value is -1.66. The van der Waals surface area contributed by atoms with Crippen LogP contribution in [0.1, 0.15) is 12.8 Å². The van der Waals surface area contributed by atoms with Crippen LogP contribution in [-0.4, -0.2) is 17.5 Å². The minimum Gasteiger partial charge on any atom is -0.464 e. The zero-order valence-electron chi connectivity index (χ0n) is 11.2. The molecule has 0 atom stereocenters. The minimum absolute atomic E-state index is 0.0552. The Morgan fingerprint density at radius 1 is 1.33 bits per heavy atom. The second-order valence-corrected chi connectivity index (χ2v) is 5.82. The SMILES string of the molecule is N=C(N)SCCCCOc1oc(=O)c2ccccc2c1Cl. The molecule has 1 heterocycles.